The van der Waals surface area contributed by atoms with Gasteiger partial charge in [-0.2, -0.15) is 0 Å². The van der Waals surface area contributed by atoms with Crippen molar-refractivity contribution >= 4 is 17.9 Å². The molecule has 1 heterocycles. The third kappa shape index (κ3) is 6.40. The summed E-state index contributed by atoms with van der Waals surface area (Å²) in [5.74, 6) is -2.43. The smallest absolute Gasteiger partial charge is 0.335 e. The summed E-state index contributed by atoms with van der Waals surface area (Å²) in [5.41, 5.74) is 0. The Morgan fingerprint density at radius 3 is 2.08 bits per heavy atom. The highest BCUT2D eigenvalue weighted by atomic mass is 16.7. The van der Waals surface area contributed by atoms with Gasteiger partial charge in [-0.1, -0.05) is 19.1 Å². The van der Waals surface area contributed by atoms with E-state index >= 15 is 0 Å². The molecule has 0 aromatic carbocycles. The van der Waals surface area contributed by atoms with Crippen LogP contribution in [0.3, 0.4) is 0 Å². The largest absolute Gasteiger partial charge is 0.467 e. The minimum atomic E-state index is -1.12. The summed E-state index contributed by atoms with van der Waals surface area (Å²) >= 11 is 0. The predicted molar refractivity (Wildman–Crippen MR) is 87.9 cm³/mol. The van der Waals surface area contributed by atoms with E-state index in [0.717, 1.165) is 0 Å². The van der Waals surface area contributed by atoms with E-state index in [1.807, 2.05) is 0 Å². The van der Waals surface area contributed by atoms with E-state index in [2.05, 4.69) is 0 Å². The molecule has 0 bridgehead atoms. The fourth-order valence-electron chi connectivity index (χ4n) is 2.56. The van der Waals surface area contributed by atoms with Crippen LogP contribution < -0.4 is 0 Å². The Hall–Kier alpha value is -1.97. The second kappa shape index (κ2) is 10.9. The molecular formula is C17H26O9. The standard InChI is InChI=1S/C17H26O9/c1-10-13(24-11(2)18)15(25-12(3)19)17(23-9-7-6-8-21-4)26-14(10)16(20)22-5/h6-7,10,13-15,17H,8-9H2,1-5H3/b7-6-/t10-,13-,14-,15+,17+/m0/s1. The molecule has 0 aromatic heterocycles. The first-order valence-corrected chi connectivity index (χ1v) is 8.15. The van der Waals surface area contributed by atoms with Gasteiger partial charge < -0.3 is 28.4 Å². The quantitative estimate of drug-likeness (QED) is 0.343. The summed E-state index contributed by atoms with van der Waals surface area (Å²) in [6.45, 7) is 4.60. The average molecular weight is 374 g/mol. The van der Waals surface area contributed by atoms with Crippen LogP contribution in [0.15, 0.2) is 12.2 Å². The SMILES string of the molecule is COC/C=C\CO[C@@H]1O[C@H](C(=O)OC)[C@@H](C)[C@H](OC(C)=O)[C@H]1OC(C)=O. The maximum atomic E-state index is 12.0. The van der Waals surface area contributed by atoms with Crippen molar-refractivity contribution in [3.8, 4) is 0 Å². The van der Waals surface area contributed by atoms with Crippen molar-refractivity contribution in [2.75, 3.05) is 27.4 Å². The zero-order valence-electron chi connectivity index (χ0n) is 15.6. The number of hydrogen-bond donors (Lipinski definition) is 0. The van der Waals surface area contributed by atoms with Crippen molar-refractivity contribution in [3.05, 3.63) is 12.2 Å². The highest BCUT2D eigenvalue weighted by Crippen LogP contribution is 2.31. The molecule has 1 fully saturated rings. The van der Waals surface area contributed by atoms with Gasteiger partial charge in [0.05, 0.1) is 20.3 Å². The molecule has 0 spiro atoms. The Balaban J connectivity index is 3.02. The van der Waals surface area contributed by atoms with Crippen molar-refractivity contribution in [2.45, 2.75) is 45.4 Å². The first-order chi connectivity index (χ1) is 12.3. The molecule has 1 saturated heterocycles. The molecule has 26 heavy (non-hydrogen) atoms. The van der Waals surface area contributed by atoms with E-state index in [-0.39, 0.29) is 6.61 Å². The number of rotatable bonds is 8. The monoisotopic (exact) mass is 374 g/mol. The van der Waals surface area contributed by atoms with Gasteiger partial charge >= 0.3 is 17.9 Å². The molecule has 148 valence electrons. The van der Waals surface area contributed by atoms with Crippen molar-refractivity contribution in [1.82, 2.24) is 0 Å². The number of ether oxygens (including phenoxy) is 6. The zero-order valence-corrected chi connectivity index (χ0v) is 15.6. The lowest BCUT2D eigenvalue weighted by atomic mass is 9.90. The molecule has 1 aliphatic rings. The van der Waals surface area contributed by atoms with E-state index in [9.17, 15) is 14.4 Å². The summed E-state index contributed by atoms with van der Waals surface area (Å²) in [7, 11) is 2.78. The third-order valence-corrected chi connectivity index (χ3v) is 3.69. The van der Waals surface area contributed by atoms with E-state index in [1.54, 1.807) is 26.2 Å². The Kier molecular flexibility index (Phi) is 9.25. The minimum Gasteiger partial charge on any atom is -0.467 e. The minimum absolute atomic E-state index is 0.112. The van der Waals surface area contributed by atoms with Gasteiger partial charge in [-0.3, -0.25) is 9.59 Å². The molecule has 0 amide bonds. The molecular weight excluding hydrogens is 348 g/mol. The van der Waals surface area contributed by atoms with Crippen molar-refractivity contribution < 1.29 is 42.8 Å². The van der Waals surface area contributed by atoms with Gasteiger partial charge in [0.25, 0.3) is 0 Å². The summed E-state index contributed by atoms with van der Waals surface area (Å²) < 4.78 is 31.4. The van der Waals surface area contributed by atoms with Gasteiger partial charge in [0.15, 0.2) is 18.5 Å². The number of esters is 3. The van der Waals surface area contributed by atoms with Crippen LogP contribution in [-0.4, -0.2) is 69.9 Å². The topological polar surface area (TPSA) is 107 Å². The van der Waals surface area contributed by atoms with Gasteiger partial charge in [0.2, 0.25) is 0 Å². The van der Waals surface area contributed by atoms with Gasteiger partial charge in [0, 0.05) is 26.9 Å². The number of carbonyl (C=O) groups excluding carboxylic acids is 3. The van der Waals surface area contributed by atoms with Gasteiger partial charge in [-0.15, -0.1) is 0 Å². The lowest BCUT2D eigenvalue weighted by Crippen LogP contribution is -2.59. The van der Waals surface area contributed by atoms with Crippen LogP contribution in [-0.2, 0) is 42.8 Å². The van der Waals surface area contributed by atoms with E-state index < -0.39 is 48.4 Å². The molecule has 0 saturated carbocycles. The van der Waals surface area contributed by atoms with Crippen LogP contribution in [0.4, 0.5) is 0 Å². The number of hydrogen-bond acceptors (Lipinski definition) is 9. The third-order valence-electron chi connectivity index (χ3n) is 3.69. The molecule has 0 N–H and O–H groups in total. The van der Waals surface area contributed by atoms with Crippen LogP contribution in [0.5, 0.6) is 0 Å². The van der Waals surface area contributed by atoms with Crippen LogP contribution in [0.25, 0.3) is 0 Å². The zero-order chi connectivity index (χ0) is 19.7. The van der Waals surface area contributed by atoms with E-state index in [1.165, 1.54) is 21.0 Å². The maximum Gasteiger partial charge on any atom is 0.335 e. The lowest BCUT2D eigenvalue weighted by molar-refractivity contribution is -0.286. The van der Waals surface area contributed by atoms with Gasteiger partial charge in [-0.05, 0) is 0 Å². The second-order valence-electron chi connectivity index (χ2n) is 5.72. The lowest BCUT2D eigenvalue weighted by Gasteiger charge is -2.42. The van der Waals surface area contributed by atoms with Crippen LogP contribution in [0.2, 0.25) is 0 Å². The summed E-state index contributed by atoms with van der Waals surface area (Å²) in [6, 6.07) is 0. The van der Waals surface area contributed by atoms with Crippen LogP contribution in [0.1, 0.15) is 20.8 Å². The Labute approximate surface area is 152 Å². The van der Waals surface area contributed by atoms with Crippen molar-refractivity contribution in [1.29, 1.82) is 0 Å². The van der Waals surface area contributed by atoms with Crippen LogP contribution >= 0.6 is 0 Å². The Morgan fingerprint density at radius 2 is 1.54 bits per heavy atom. The fraction of sp³-hybridized carbons (Fsp3) is 0.706. The Bertz CT molecular complexity index is 516. The van der Waals surface area contributed by atoms with Crippen molar-refractivity contribution in [2.24, 2.45) is 5.92 Å². The summed E-state index contributed by atoms with van der Waals surface area (Å²) in [4.78, 5) is 35.0. The van der Waals surface area contributed by atoms with E-state index in [0.29, 0.717) is 6.61 Å². The highest BCUT2D eigenvalue weighted by Gasteiger charge is 2.51. The van der Waals surface area contributed by atoms with Crippen LogP contribution in [0, 0.1) is 5.92 Å². The summed E-state index contributed by atoms with van der Waals surface area (Å²) in [5, 5.41) is 0. The summed E-state index contributed by atoms with van der Waals surface area (Å²) in [6.07, 6.45) is -0.692. The molecule has 0 unspecified atom stereocenters. The highest BCUT2D eigenvalue weighted by molar-refractivity contribution is 5.75. The first-order valence-electron chi connectivity index (χ1n) is 8.15. The molecule has 0 aromatic rings. The molecule has 1 rings (SSSR count). The predicted octanol–water partition coefficient (Wildman–Crippen LogP) is 0.603. The molecule has 5 atom stereocenters. The molecule has 0 aliphatic carbocycles. The normalized spacial score (nSPS) is 28.6. The molecule has 9 nitrogen and oxygen atoms in total. The van der Waals surface area contributed by atoms with Gasteiger partial charge in [-0.25, -0.2) is 4.79 Å². The molecule has 1 aliphatic heterocycles. The second-order valence-corrected chi connectivity index (χ2v) is 5.72. The van der Waals surface area contributed by atoms with Crippen molar-refractivity contribution in [3.63, 3.8) is 0 Å². The number of carbonyl (C=O) groups is 3. The Morgan fingerprint density at radius 1 is 0.962 bits per heavy atom. The first kappa shape index (κ1) is 22.1. The number of methoxy groups -OCH3 is 2. The molecule has 0 radical (unpaired) electrons. The van der Waals surface area contributed by atoms with Gasteiger partial charge in [0.1, 0.15) is 6.10 Å². The maximum absolute atomic E-state index is 12.0. The molecule has 9 heteroatoms. The average Bonchev–Trinajstić information content (AvgIpc) is 2.58. The fourth-order valence-corrected chi connectivity index (χ4v) is 2.56. The van der Waals surface area contributed by atoms with E-state index in [4.69, 9.17) is 28.4 Å².